The van der Waals surface area contributed by atoms with Crippen LogP contribution >= 0.6 is 22.7 Å². The lowest BCUT2D eigenvalue weighted by molar-refractivity contribution is 0.630. The zero-order chi connectivity index (χ0) is 26.2. The fourth-order valence-electron chi connectivity index (χ4n) is 4.15. The summed E-state index contributed by atoms with van der Waals surface area (Å²) in [6.07, 6.45) is 3.36. The molecule has 0 aliphatic carbocycles. The van der Waals surface area contributed by atoms with Crippen LogP contribution in [0.5, 0.6) is 0 Å². The zero-order valence-electron chi connectivity index (χ0n) is 19.4. The first-order valence-corrected chi connectivity index (χ1v) is 12.9. The van der Waals surface area contributed by atoms with Crippen LogP contribution < -0.4 is 0 Å². The van der Waals surface area contributed by atoms with Crippen LogP contribution in [0.25, 0.3) is 66.4 Å². The molecule has 6 rings (SSSR count). The number of fused-ring (bicyclic) bond motifs is 3. The predicted molar refractivity (Wildman–Crippen MR) is 147 cm³/mol. The van der Waals surface area contributed by atoms with E-state index < -0.39 is 0 Å². The summed E-state index contributed by atoms with van der Waals surface area (Å²) >= 11 is 2.97. The van der Waals surface area contributed by atoms with E-state index in [2.05, 4.69) is 11.1 Å². The number of hydrogen-bond acceptors (Lipinski definition) is 8. The molecule has 0 aliphatic heterocycles. The van der Waals surface area contributed by atoms with Crippen molar-refractivity contribution in [3.8, 4) is 47.1 Å². The molecule has 5 heterocycles. The monoisotopic (exact) mass is 527 g/mol. The number of furan rings is 2. The second-order valence-corrected chi connectivity index (χ2v) is 10.6. The first kappa shape index (κ1) is 23.1. The van der Waals surface area contributed by atoms with E-state index in [1.165, 1.54) is 22.7 Å². The summed E-state index contributed by atoms with van der Waals surface area (Å²) in [4.78, 5) is 5.09. The van der Waals surface area contributed by atoms with Crippen molar-refractivity contribution in [1.82, 2.24) is 4.98 Å². The molecule has 7 nitrogen and oxygen atoms in total. The molecule has 0 amide bonds. The molecule has 0 saturated carbocycles. The highest BCUT2D eigenvalue weighted by Gasteiger charge is 2.14. The van der Waals surface area contributed by atoms with Crippen LogP contribution in [0.15, 0.2) is 68.5 Å². The number of H-pyrrole nitrogens is 1. The van der Waals surface area contributed by atoms with Crippen LogP contribution in [0.3, 0.4) is 0 Å². The van der Waals surface area contributed by atoms with Crippen LogP contribution in [-0.4, -0.2) is 4.98 Å². The zero-order valence-corrected chi connectivity index (χ0v) is 21.0. The van der Waals surface area contributed by atoms with Crippen molar-refractivity contribution in [3.05, 3.63) is 69.4 Å². The average Bonchev–Trinajstić information content (AvgIpc) is 3.71. The van der Waals surface area contributed by atoms with Gasteiger partial charge in [-0.1, -0.05) is 12.1 Å². The third-order valence-electron chi connectivity index (χ3n) is 5.88. The average molecular weight is 528 g/mol. The van der Waals surface area contributed by atoms with E-state index >= 15 is 0 Å². The summed E-state index contributed by atoms with van der Waals surface area (Å²) in [5.41, 5.74) is 4.62. The third kappa shape index (κ3) is 4.15. The van der Waals surface area contributed by atoms with Gasteiger partial charge in [0.15, 0.2) is 5.76 Å². The Hall–Kier alpha value is -5.32. The maximum atomic E-state index is 9.16. The Bertz CT molecular complexity index is 2040. The van der Waals surface area contributed by atoms with Gasteiger partial charge >= 0.3 is 0 Å². The lowest BCUT2D eigenvalue weighted by Crippen LogP contribution is -1.75. The minimum atomic E-state index is 0.0537. The first-order chi connectivity index (χ1) is 18.6. The molecule has 0 atom stereocenters. The van der Waals surface area contributed by atoms with Gasteiger partial charge in [0.25, 0.3) is 0 Å². The van der Waals surface area contributed by atoms with Gasteiger partial charge in [0.2, 0.25) is 0 Å². The second kappa shape index (κ2) is 9.28. The van der Waals surface area contributed by atoms with Gasteiger partial charge in [-0.25, -0.2) is 0 Å². The molecule has 9 heteroatoms. The highest BCUT2D eigenvalue weighted by atomic mass is 32.1. The molecule has 178 valence electrons. The van der Waals surface area contributed by atoms with E-state index in [9.17, 15) is 0 Å². The van der Waals surface area contributed by atoms with Gasteiger partial charge < -0.3 is 13.8 Å². The molecule has 0 saturated heterocycles. The van der Waals surface area contributed by atoms with Crippen molar-refractivity contribution in [2.24, 2.45) is 0 Å². The van der Waals surface area contributed by atoms with Crippen LogP contribution in [0.2, 0.25) is 0 Å². The van der Waals surface area contributed by atoms with Crippen LogP contribution in [0.4, 0.5) is 0 Å². The Morgan fingerprint density at radius 3 is 2.13 bits per heavy atom. The van der Waals surface area contributed by atoms with Crippen LogP contribution in [0.1, 0.15) is 16.2 Å². The molecule has 6 aromatic rings. The van der Waals surface area contributed by atoms with Crippen molar-refractivity contribution < 1.29 is 8.83 Å². The molecule has 1 N–H and O–H groups in total. The maximum absolute atomic E-state index is 9.16. The summed E-state index contributed by atoms with van der Waals surface area (Å²) in [5, 5.41) is 37.0. The molecular formula is C29H13N5O2S2. The maximum Gasteiger partial charge on any atom is 0.152 e. The second-order valence-electron chi connectivity index (χ2n) is 8.36. The van der Waals surface area contributed by atoms with E-state index in [4.69, 9.17) is 29.9 Å². The number of nitrogens with one attached hydrogen (secondary N) is 1. The third-order valence-corrected chi connectivity index (χ3v) is 7.90. The van der Waals surface area contributed by atoms with E-state index in [0.717, 1.165) is 52.7 Å². The lowest BCUT2D eigenvalue weighted by Gasteiger charge is -1.97. The minimum absolute atomic E-state index is 0.0537. The van der Waals surface area contributed by atoms with Gasteiger partial charge in [-0.05, 0) is 36.4 Å². The Morgan fingerprint density at radius 2 is 1.47 bits per heavy atom. The molecule has 5 aromatic heterocycles. The Kier molecular flexibility index (Phi) is 5.64. The topological polar surface area (TPSA) is 137 Å². The van der Waals surface area contributed by atoms with E-state index in [0.29, 0.717) is 16.9 Å². The van der Waals surface area contributed by atoms with Crippen molar-refractivity contribution in [2.45, 2.75) is 6.42 Å². The van der Waals surface area contributed by atoms with Crippen molar-refractivity contribution in [1.29, 1.82) is 21.0 Å². The number of benzene rings is 1. The fraction of sp³-hybridized carbons (Fsp3) is 0.0345. The summed E-state index contributed by atoms with van der Waals surface area (Å²) in [6.45, 7) is 0. The number of rotatable bonds is 5. The van der Waals surface area contributed by atoms with E-state index in [1.54, 1.807) is 12.2 Å². The Balaban J connectivity index is 1.28. The van der Waals surface area contributed by atoms with Crippen LogP contribution in [0, 0.1) is 45.3 Å². The number of nitrogens with zero attached hydrogens (tertiary/aromatic N) is 4. The molecule has 1 aromatic carbocycles. The smallest absolute Gasteiger partial charge is 0.152 e. The highest BCUT2D eigenvalue weighted by molar-refractivity contribution is 7.20. The van der Waals surface area contributed by atoms with Gasteiger partial charge in [0.1, 0.15) is 34.6 Å². The number of aromatic nitrogens is 1. The Labute approximate surface area is 223 Å². The molecule has 0 radical (unpaired) electrons. The van der Waals surface area contributed by atoms with Gasteiger partial charge in [-0.15, -0.1) is 22.7 Å². The van der Waals surface area contributed by atoms with Crippen molar-refractivity contribution >= 4 is 66.3 Å². The molecule has 0 fully saturated rings. The van der Waals surface area contributed by atoms with Gasteiger partial charge in [-0.2, -0.15) is 21.0 Å². The largest absolute Gasteiger partial charge is 0.455 e. The SMILES string of the molecule is N#CC/C(C#N)=C/c1cc2oc(-c3ccc4cc(-c5cc6sc(C=C(C#N)C#N)cc6o5)[nH]c4c3)cc2s1. The number of aromatic amines is 1. The quantitative estimate of drug-likeness (QED) is 0.224. The highest BCUT2D eigenvalue weighted by Crippen LogP contribution is 2.38. The molecule has 0 unspecified atom stereocenters. The van der Waals surface area contributed by atoms with E-state index in [-0.39, 0.29) is 12.0 Å². The van der Waals surface area contributed by atoms with Gasteiger partial charge in [0, 0.05) is 43.9 Å². The van der Waals surface area contributed by atoms with Crippen molar-refractivity contribution in [3.63, 3.8) is 0 Å². The molecule has 0 aliphatic rings. The molecular weight excluding hydrogens is 514 g/mol. The molecule has 0 spiro atoms. The van der Waals surface area contributed by atoms with Gasteiger partial charge in [-0.3, -0.25) is 0 Å². The number of thiophene rings is 2. The molecule has 38 heavy (non-hydrogen) atoms. The van der Waals surface area contributed by atoms with Crippen molar-refractivity contribution in [2.75, 3.05) is 0 Å². The standard InChI is InChI=1S/C29H13N5O2S2/c30-4-3-16(13-31)5-20-9-26-28(37-20)11-24(35-26)19-2-1-18-7-23(34-22(18)8-19)25-12-29-27(36-25)10-21(38-29)6-17(14-32)15-33/h1-2,5-12,34H,3H2/b16-5-. The fourth-order valence-corrected chi connectivity index (χ4v) is 6.10. The Morgan fingerprint density at radius 1 is 0.789 bits per heavy atom. The summed E-state index contributed by atoms with van der Waals surface area (Å²) in [6, 6.07) is 23.5. The summed E-state index contributed by atoms with van der Waals surface area (Å²) in [7, 11) is 0. The van der Waals surface area contributed by atoms with E-state index in [1.807, 2.05) is 66.7 Å². The van der Waals surface area contributed by atoms with Gasteiger partial charge in [0.05, 0.1) is 33.7 Å². The van der Waals surface area contributed by atoms with Crippen LogP contribution in [-0.2, 0) is 0 Å². The number of allylic oxidation sites excluding steroid dienone is 2. The predicted octanol–water partition coefficient (Wildman–Crippen LogP) is 8.37. The normalized spacial score (nSPS) is 11.3. The number of hydrogen-bond donors (Lipinski definition) is 1. The lowest BCUT2D eigenvalue weighted by atomic mass is 10.1. The molecule has 0 bridgehead atoms. The minimum Gasteiger partial charge on any atom is -0.455 e. The first-order valence-electron chi connectivity index (χ1n) is 11.3. The number of nitriles is 4. The summed E-state index contributed by atoms with van der Waals surface area (Å²) in [5.74, 6) is 1.44. The summed E-state index contributed by atoms with van der Waals surface area (Å²) < 4.78 is 14.0.